The van der Waals surface area contributed by atoms with Crippen LogP contribution in [-0.4, -0.2) is 16.1 Å². The molecular weight excluding hydrogens is 166 g/mol. The summed E-state index contributed by atoms with van der Waals surface area (Å²) in [4.78, 5) is 3.91. The molecule has 0 aliphatic heterocycles. The number of rotatable bonds is 2. The smallest absolute Gasteiger partial charge is 0.123 e. The van der Waals surface area contributed by atoms with Crippen LogP contribution in [0.1, 0.15) is 24.2 Å². The fourth-order valence-corrected chi connectivity index (χ4v) is 1.18. The highest BCUT2D eigenvalue weighted by Gasteiger charge is 2.14. The van der Waals surface area contributed by atoms with Crippen LogP contribution in [0, 0.1) is 6.92 Å². The number of pyridine rings is 1. The molecule has 2 atom stereocenters. The van der Waals surface area contributed by atoms with Gasteiger partial charge in [0.1, 0.15) is 5.82 Å². The van der Waals surface area contributed by atoms with Crippen molar-refractivity contribution in [2.24, 2.45) is 5.73 Å². The Morgan fingerprint density at radius 3 is 2.62 bits per heavy atom. The molecule has 4 heteroatoms. The predicted octanol–water partition coefficient (Wildman–Crippen LogP) is 0.353. The lowest BCUT2D eigenvalue weighted by Crippen LogP contribution is -2.25. The van der Waals surface area contributed by atoms with Crippen molar-refractivity contribution in [3.63, 3.8) is 0 Å². The molecule has 0 fully saturated rings. The van der Waals surface area contributed by atoms with E-state index in [1.165, 1.54) is 0 Å². The van der Waals surface area contributed by atoms with Crippen LogP contribution < -0.4 is 11.5 Å². The lowest BCUT2D eigenvalue weighted by molar-refractivity contribution is 0.152. The van der Waals surface area contributed by atoms with E-state index in [1.807, 2.05) is 6.92 Å². The molecule has 0 unspecified atom stereocenters. The van der Waals surface area contributed by atoms with E-state index in [2.05, 4.69) is 4.98 Å². The summed E-state index contributed by atoms with van der Waals surface area (Å²) < 4.78 is 0. The van der Waals surface area contributed by atoms with Crippen LogP contribution in [0.25, 0.3) is 0 Å². The molecule has 5 N–H and O–H groups in total. The van der Waals surface area contributed by atoms with E-state index in [0.29, 0.717) is 5.82 Å². The van der Waals surface area contributed by atoms with Gasteiger partial charge in [-0.3, -0.25) is 0 Å². The molecule has 0 saturated carbocycles. The van der Waals surface area contributed by atoms with Crippen molar-refractivity contribution >= 4 is 5.82 Å². The van der Waals surface area contributed by atoms with Gasteiger partial charge in [-0.2, -0.15) is 0 Å². The van der Waals surface area contributed by atoms with Crippen LogP contribution in [-0.2, 0) is 0 Å². The SMILES string of the molecule is Cc1cc(N)ncc1[C@@H](O)[C@@H](C)N. The maximum absolute atomic E-state index is 9.66. The van der Waals surface area contributed by atoms with Crippen molar-refractivity contribution in [3.8, 4) is 0 Å². The van der Waals surface area contributed by atoms with E-state index in [1.54, 1.807) is 19.2 Å². The van der Waals surface area contributed by atoms with Gasteiger partial charge in [0.15, 0.2) is 0 Å². The highest BCUT2D eigenvalue weighted by atomic mass is 16.3. The lowest BCUT2D eigenvalue weighted by atomic mass is 10.0. The number of anilines is 1. The average molecular weight is 181 g/mol. The van der Waals surface area contributed by atoms with Crippen LogP contribution in [0.2, 0.25) is 0 Å². The Bertz CT molecular complexity index is 299. The van der Waals surface area contributed by atoms with E-state index < -0.39 is 6.10 Å². The lowest BCUT2D eigenvalue weighted by Gasteiger charge is -2.16. The van der Waals surface area contributed by atoms with E-state index in [4.69, 9.17) is 11.5 Å². The van der Waals surface area contributed by atoms with Crippen LogP contribution in [0.15, 0.2) is 12.3 Å². The number of hydrogen-bond donors (Lipinski definition) is 3. The van der Waals surface area contributed by atoms with Crippen molar-refractivity contribution in [3.05, 3.63) is 23.4 Å². The predicted molar refractivity (Wildman–Crippen MR) is 52.0 cm³/mol. The summed E-state index contributed by atoms with van der Waals surface area (Å²) in [6.45, 7) is 3.62. The molecule has 0 bridgehead atoms. The molecule has 0 radical (unpaired) electrons. The third-order valence-corrected chi connectivity index (χ3v) is 1.99. The highest BCUT2D eigenvalue weighted by molar-refractivity contribution is 5.37. The molecule has 4 nitrogen and oxygen atoms in total. The van der Waals surface area contributed by atoms with Crippen LogP contribution in [0.4, 0.5) is 5.82 Å². The van der Waals surface area contributed by atoms with Gasteiger partial charge in [0.2, 0.25) is 0 Å². The molecule has 0 amide bonds. The molecular formula is C9H15N3O. The second kappa shape index (κ2) is 3.72. The summed E-state index contributed by atoms with van der Waals surface area (Å²) in [5.41, 5.74) is 12.7. The Morgan fingerprint density at radius 1 is 1.54 bits per heavy atom. The highest BCUT2D eigenvalue weighted by Crippen LogP contribution is 2.19. The van der Waals surface area contributed by atoms with Crippen molar-refractivity contribution < 1.29 is 5.11 Å². The fraction of sp³-hybridized carbons (Fsp3) is 0.444. The first-order valence-electron chi connectivity index (χ1n) is 4.18. The van der Waals surface area contributed by atoms with Crippen molar-refractivity contribution in [2.75, 3.05) is 5.73 Å². The maximum Gasteiger partial charge on any atom is 0.123 e. The molecule has 0 aliphatic rings. The molecule has 13 heavy (non-hydrogen) atoms. The zero-order valence-electron chi connectivity index (χ0n) is 7.86. The standard InChI is InChI=1S/C9H15N3O/c1-5-3-8(11)12-4-7(5)9(13)6(2)10/h3-4,6,9,13H,10H2,1-2H3,(H2,11,12)/t6-,9+/m1/s1. The van der Waals surface area contributed by atoms with Crippen molar-refractivity contribution in [1.29, 1.82) is 0 Å². The Balaban J connectivity index is 3.01. The molecule has 0 saturated heterocycles. The fourth-order valence-electron chi connectivity index (χ4n) is 1.18. The quantitative estimate of drug-likeness (QED) is 0.614. The summed E-state index contributed by atoms with van der Waals surface area (Å²) in [7, 11) is 0. The van der Waals surface area contributed by atoms with Gasteiger partial charge in [0.25, 0.3) is 0 Å². The largest absolute Gasteiger partial charge is 0.387 e. The van der Waals surface area contributed by atoms with Gasteiger partial charge in [0, 0.05) is 17.8 Å². The minimum atomic E-state index is -0.673. The van der Waals surface area contributed by atoms with Gasteiger partial charge < -0.3 is 16.6 Å². The molecule has 1 heterocycles. The molecule has 0 aliphatic carbocycles. The van der Waals surface area contributed by atoms with Crippen molar-refractivity contribution in [2.45, 2.75) is 26.0 Å². The number of nitrogens with zero attached hydrogens (tertiary/aromatic N) is 1. The minimum Gasteiger partial charge on any atom is -0.387 e. The van der Waals surface area contributed by atoms with Gasteiger partial charge in [-0.15, -0.1) is 0 Å². The molecule has 1 aromatic heterocycles. The summed E-state index contributed by atoms with van der Waals surface area (Å²) in [5, 5.41) is 9.66. The second-order valence-corrected chi connectivity index (χ2v) is 3.27. The molecule has 1 rings (SSSR count). The van der Waals surface area contributed by atoms with E-state index in [9.17, 15) is 5.11 Å². The summed E-state index contributed by atoms with van der Waals surface area (Å²) in [5.74, 6) is 0.457. The van der Waals surface area contributed by atoms with Gasteiger partial charge in [-0.1, -0.05) is 0 Å². The number of hydrogen-bond acceptors (Lipinski definition) is 4. The van der Waals surface area contributed by atoms with Crippen molar-refractivity contribution in [1.82, 2.24) is 4.98 Å². The Labute approximate surface area is 77.6 Å². The zero-order valence-corrected chi connectivity index (χ0v) is 7.86. The third-order valence-electron chi connectivity index (χ3n) is 1.99. The molecule has 0 aromatic carbocycles. The molecule has 72 valence electrons. The minimum absolute atomic E-state index is 0.302. The number of aryl methyl sites for hydroxylation is 1. The Morgan fingerprint density at radius 2 is 2.15 bits per heavy atom. The maximum atomic E-state index is 9.66. The Kier molecular flexibility index (Phi) is 2.85. The summed E-state index contributed by atoms with van der Waals surface area (Å²) in [6.07, 6.45) is 0.895. The molecule has 0 spiro atoms. The monoisotopic (exact) mass is 181 g/mol. The second-order valence-electron chi connectivity index (χ2n) is 3.27. The number of aliphatic hydroxyl groups excluding tert-OH is 1. The molecule has 1 aromatic rings. The van der Waals surface area contributed by atoms with Gasteiger partial charge in [-0.25, -0.2) is 4.98 Å². The average Bonchev–Trinajstić information content (AvgIpc) is 2.03. The van der Waals surface area contributed by atoms with E-state index >= 15 is 0 Å². The first-order valence-corrected chi connectivity index (χ1v) is 4.18. The van der Waals surface area contributed by atoms with E-state index in [0.717, 1.165) is 11.1 Å². The third kappa shape index (κ3) is 2.17. The van der Waals surface area contributed by atoms with Crippen LogP contribution >= 0.6 is 0 Å². The normalized spacial score (nSPS) is 15.4. The number of aliphatic hydroxyl groups is 1. The topological polar surface area (TPSA) is 85.2 Å². The van der Waals surface area contributed by atoms with Gasteiger partial charge >= 0.3 is 0 Å². The van der Waals surface area contributed by atoms with Gasteiger partial charge in [0.05, 0.1) is 6.10 Å². The van der Waals surface area contributed by atoms with Gasteiger partial charge in [-0.05, 0) is 25.5 Å². The summed E-state index contributed by atoms with van der Waals surface area (Å²) in [6, 6.07) is 1.42. The first-order chi connectivity index (χ1) is 6.02. The number of nitrogens with two attached hydrogens (primary N) is 2. The van der Waals surface area contributed by atoms with E-state index in [-0.39, 0.29) is 6.04 Å². The van der Waals surface area contributed by atoms with Crippen LogP contribution in [0.3, 0.4) is 0 Å². The number of aromatic nitrogens is 1. The zero-order chi connectivity index (χ0) is 10.0. The number of nitrogen functional groups attached to an aromatic ring is 1. The first kappa shape index (κ1) is 9.95. The van der Waals surface area contributed by atoms with Crippen LogP contribution in [0.5, 0.6) is 0 Å². The Hall–Kier alpha value is -1.13. The summed E-state index contributed by atoms with van der Waals surface area (Å²) >= 11 is 0.